The zero-order valence-corrected chi connectivity index (χ0v) is 14.0. The lowest BCUT2D eigenvalue weighted by Gasteiger charge is -2.22. The molecular weight excluding hydrogens is 345 g/mol. The molecule has 2 heterocycles. The van der Waals surface area contributed by atoms with Gasteiger partial charge in [-0.3, -0.25) is 0 Å². The molecule has 2 nitrogen and oxygen atoms in total. The van der Waals surface area contributed by atoms with Crippen LogP contribution in [0.25, 0.3) is 21.7 Å². The van der Waals surface area contributed by atoms with Gasteiger partial charge in [0.25, 0.3) is 0 Å². The molecule has 6 heteroatoms. The topological polar surface area (TPSA) is 24.9 Å². The van der Waals surface area contributed by atoms with Gasteiger partial charge in [-0.05, 0) is 59.5 Å². The maximum Gasteiger partial charge on any atom is 0.416 e. The number of rotatable bonds is 2. The SMILES string of the molecule is FC(F)(F)c1ccc(-c2cc(-c3nccs3)cc3c2CCNC3)cc1. The van der Waals surface area contributed by atoms with E-state index in [1.807, 2.05) is 11.4 Å². The molecule has 0 saturated heterocycles. The van der Waals surface area contributed by atoms with Gasteiger partial charge in [0, 0.05) is 23.7 Å². The van der Waals surface area contributed by atoms with Crippen LogP contribution in [-0.4, -0.2) is 11.5 Å². The molecule has 1 N–H and O–H groups in total. The Balaban J connectivity index is 1.84. The molecule has 0 saturated carbocycles. The van der Waals surface area contributed by atoms with Gasteiger partial charge >= 0.3 is 6.18 Å². The van der Waals surface area contributed by atoms with Crippen molar-refractivity contribution in [3.8, 4) is 21.7 Å². The van der Waals surface area contributed by atoms with Crippen LogP contribution in [0.15, 0.2) is 48.0 Å². The number of hydrogen-bond acceptors (Lipinski definition) is 3. The molecule has 1 aromatic heterocycles. The molecule has 0 unspecified atom stereocenters. The van der Waals surface area contributed by atoms with Crippen LogP contribution >= 0.6 is 11.3 Å². The van der Waals surface area contributed by atoms with E-state index in [9.17, 15) is 13.2 Å². The van der Waals surface area contributed by atoms with Gasteiger partial charge in [-0.25, -0.2) is 4.98 Å². The van der Waals surface area contributed by atoms with Crippen molar-refractivity contribution in [3.05, 3.63) is 64.7 Å². The summed E-state index contributed by atoms with van der Waals surface area (Å²) in [5, 5.41) is 6.19. The number of nitrogens with one attached hydrogen (secondary N) is 1. The van der Waals surface area contributed by atoms with Crippen LogP contribution in [0.2, 0.25) is 0 Å². The third-order valence-corrected chi connectivity index (χ3v) is 5.23. The van der Waals surface area contributed by atoms with E-state index in [1.165, 1.54) is 11.1 Å². The average Bonchev–Trinajstić information content (AvgIpc) is 3.15. The Labute approximate surface area is 147 Å². The summed E-state index contributed by atoms with van der Waals surface area (Å²) in [6.45, 7) is 1.64. The lowest BCUT2D eigenvalue weighted by molar-refractivity contribution is -0.137. The molecule has 0 radical (unpaired) electrons. The first-order valence-electron chi connectivity index (χ1n) is 7.96. The number of hydrogen-bond donors (Lipinski definition) is 1. The number of halogens is 3. The van der Waals surface area contributed by atoms with E-state index >= 15 is 0 Å². The van der Waals surface area contributed by atoms with E-state index in [2.05, 4.69) is 16.4 Å². The van der Waals surface area contributed by atoms with Gasteiger partial charge in [0.05, 0.1) is 5.56 Å². The van der Waals surface area contributed by atoms with Crippen molar-refractivity contribution in [1.29, 1.82) is 0 Å². The van der Waals surface area contributed by atoms with E-state index in [4.69, 9.17) is 0 Å². The van der Waals surface area contributed by atoms with Gasteiger partial charge in [0.2, 0.25) is 0 Å². The maximum atomic E-state index is 12.8. The molecule has 25 heavy (non-hydrogen) atoms. The summed E-state index contributed by atoms with van der Waals surface area (Å²) in [4.78, 5) is 4.37. The average molecular weight is 360 g/mol. The van der Waals surface area contributed by atoms with Crippen LogP contribution in [-0.2, 0) is 19.1 Å². The second kappa shape index (κ2) is 6.28. The van der Waals surface area contributed by atoms with Crippen molar-refractivity contribution >= 4 is 11.3 Å². The molecule has 0 amide bonds. The first kappa shape index (κ1) is 16.3. The van der Waals surface area contributed by atoms with Crippen LogP contribution in [0.5, 0.6) is 0 Å². The lowest BCUT2D eigenvalue weighted by Crippen LogP contribution is -2.24. The summed E-state index contributed by atoms with van der Waals surface area (Å²) in [5.41, 5.74) is 4.59. The van der Waals surface area contributed by atoms with Crippen LogP contribution in [0, 0.1) is 0 Å². The second-order valence-corrected chi connectivity index (χ2v) is 6.90. The molecule has 3 aromatic rings. The fraction of sp³-hybridized carbons (Fsp3) is 0.211. The van der Waals surface area contributed by atoms with Gasteiger partial charge in [-0.2, -0.15) is 13.2 Å². The smallest absolute Gasteiger partial charge is 0.312 e. The fourth-order valence-corrected chi connectivity index (χ4v) is 3.83. The molecule has 0 atom stereocenters. The number of aromatic nitrogens is 1. The predicted octanol–water partition coefficient (Wildman–Crippen LogP) is 5.14. The molecule has 0 fully saturated rings. The predicted molar refractivity (Wildman–Crippen MR) is 93.4 cm³/mol. The maximum absolute atomic E-state index is 12.8. The van der Waals surface area contributed by atoms with E-state index in [1.54, 1.807) is 29.7 Å². The Kier molecular flexibility index (Phi) is 4.09. The van der Waals surface area contributed by atoms with Crippen molar-refractivity contribution in [2.75, 3.05) is 6.54 Å². The Morgan fingerprint density at radius 3 is 2.52 bits per heavy atom. The zero-order valence-electron chi connectivity index (χ0n) is 13.2. The molecule has 0 bridgehead atoms. The van der Waals surface area contributed by atoms with Crippen molar-refractivity contribution < 1.29 is 13.2 Å². The quantitative estimate of drug-likeness (QED) is 0.684. The number of alkyl halides is 3. The fourth-order valence-electron chi connectivity index (χ4n) is 3.21. The third-order valence-electron chi connectivity index (χ3n) is 4.41. The number of benzene rings is 2. The van der Waals surface area contributed by atoms with Gasteiger partial charge in [0.1, 0.15) is 5.01 Å². The van der Waals surface area contributed by atoms with E-state index in [0.29, 0.717) is 0 Å². The molecule has 0 aliphatic carbocycles. The summed E-state index contributed by atoms with van der Waals surface area (Å²) in [5.74, 6) is 0. The highest BCUT2D eigenvalue weighted by Crippen LogP contribution is 2.36. The highest BCUT2D eigenvalue weighted by molar-refractivity contribution is 7.13. The second-order valence-electron chi connectivity index (χ2n) is 6.00. The Hall–Kier alpha value is -2.18. The van der Waals surface area contributed by atoms with Crippen LogP contribution in [0.4, 0.5) is 13.2 Å². The van der Waals surface area contributed by atoms with E-state index in [0.717, 1.165) is 53.3 Å². The summed E-state index contributed by atoms with van der Waals surface area (Å²) < 4.78 is 38.5. The monoisotopic (exact) mass is 360 g/mol. The molecule has 2 aromatic carbocycles. The Morgan fingerprint density at radius 2 is 1.84 bits per heavy atom. The van der Waals surface area contributed by atoms with Crippen molar-refractivity contribution in [2.24, 2.45) is 0 Å². The van der Waals surface area contributed by atoms with Crippen LogP contribution < -0.4 is 5.32 Å². The van der Waals surface area contributed by atoms with Crippen LogP contribution in [0.3, 0.4) is 0 Å². The number of nitrogens with zero attached hydrogens (tertiary/aromatic N) is 1. The summed E-state index contributed by atoms with van der Waals surface area (Å²) in [7, 11) is 0. The van der Waals surface area contributed by atoms with Crippen LogP contribution in [0.1, 0.15) is 16.7 Å². The minimum Gasteiger partial charge on any atom is -0.312 e. The molecule has 1 aliphatic rings. The van der Waals surface area contributed by atoms with Gasteiger partial charge < -0.3 is 5.32 Å². The summed E-state index contributed by atoms with van der Waals surface area (Å²) in [6.07, 6.45) is -1.69. The molecule has 0 spiro atoms. The first-order chi connectivity index (χ1) is 12.0. The summed E-state index contributed by atoms with van der Waals surface area (Å²) in [6, 6.07) is 9.61. The highest BCUT2D eigenvalue weighted by atomic mass is 32.1. The normalized spacial score (nSPS) is 14.4. The minimum atomic E-state index is -4.31. The van der Waals surface area contributed by atoms with E-state index < -0.39 is 11.7 Å². The zero-order chi connectivity index (χ0) is 17.4. The third kappa shape index (κ3) is 3.19. The largest absolute Gasteiger partial charge is 0.416 e. The van der Waals surface area contributed by atoms with Crippen molar-refractivity contribution in [1.82, 2.24) is 10.3 Å². The Bertz CT molecular complexity index is 884. The molecular formula is C19H15F3N2S. The minimum absolute atomic E-state index is 0.622. The first-order valence-corrected chi connectivity index (χ1v) is 8.84. The van der Waals surface area contributed by atoms with Gasteiger partial charge in [-0.1, -0.05) is 12.1 Å². The standard InChI is InChI=1S/C19H15F3N2S/c20-19(21,22)15-3-1-12(2-4-15)17-10-13(18-24-7-8-25-18)9-14-11-23-6-5-16(14)17/h1-4,7-10,23H,5-6,11H2. The van der Waals surface area contributed by atoms with Gasteiger partial charge in [0.15, 0.2) is 0 Å². The molecule has 128 valence electrons. The summed E-state index contributed by atoms with van der Waals surface area (Å²) >= 11 is 1.56. The highest BCUT2D eigenvalue weighted by Gasteiger charge is 2.30. The number of thiazole rings is 1. The van der Waals surface area contributed by atoms with Gasteiger partial charge in [-0.15, -0.1) is 11.3 Å². The Morgan fingerprint density at radius 1 is 1.04 bits per heavy atom. The molecule has 4 rings (SSSR count). The van der Waals surface area contributed by atoms with Crippen molar-refractivity contribution in [3.63, 3.8) is 0 Å². The lowest BCUT2D eigenvalue weighted by atomic mass is 9.89. The van der Waals surface area contributed by atoms with Crippen molar-refractivity contribution in [2.45, 2.75) is 19.1 Å². The number of fused-ring (bicyclic) bond motifs is 1. The molecule has 1 aliphatic heterocycles. The van der Waals surface area contributed by atoms with E-state index in [-0.39, 0.29) is 0 Å².